The summed E-state index contributed by atoms with van der Waals surface area (Å²) in [4.78, 5) is 31.3. The Hall–Kier alpha value is -2.48. The van der Waals surface area contributed by atoms with Crippen LogP contribution in [0.5, 0.6) is 0 Å². The van der Waals surface area contributed by atoms with Gasteiger partial charge in [-0.25, -0.2) is 9.50 Å². The summed E-state index contributed by atoms with van der Waals surface area (Å²) in [5.41, 5.74) is 7.26. The largest absolute Gasteiger partial charge is 0.369 e. The van der Waals surface area contributed by atoms with E-state index in [1.807, 2.05) is 11.0 Å². The summed E-state index contributed by atoms with van der Waals surface area (Å²) in [5.74, 6) is -0.476. The van der Waals surface area contributed by atoms with Gasteiger partial charge in [-0.1, -0.05) is 0 Å². The molecule has 122 valence electrons. The van der Waals surface area contributed by atoms with Gasteiger partial charge in [0.05, 0.1) is 24.5 Å². The van der Waals surface area contributed by atoms with Gasteiger partial charge in [-0.15, -0.1) is 0 Å². The van der Waals surface area contributed by atoms with Crippen molar-refractivity contribution < 1.29 is 9.59 Å². The van der Waals surface area contributed by atoms with Crippen molar-refractivity contribution in [1.29, 1.82) is 0 Å². The lowest BCUT2D eigenvalue weighted by atomic mass is 10.1. The molecule has 1 fully saturated rings. The summed E-state index contributed by atoms with van der Waals surface area (Å²) in [7, 11) is 3.39. The van der Waals surface area contributed by atoms with Crippen LogP contribution < -0.4 is 5.73 Å². The minimum absolute atomic E-state index is 0.0511. The number of carbonyl (C=O) groups excluding carboxylic acids is 2. The maximum absolute atomic E-state index is 12.2. The number of nitrogens with two attached hydrogens (primary N) is 1. The zero-order chi connectivity index (χ0) is 16.6. The van der Waals surface area contributed by atoms with Crippen molar-refractivity contribution >= 4 is 17.5 Å². The van der Waals surface area contributed by atoms with Gasteiger partial charge in [-0.05, 0) is 25.5 Å². The average molecular weight is 316 g/mol. The topological polar surface area (TPSA) is 96.8 Å². The van der Waals surface area contributed by atoms with Crippen LogP contribution in [-0.2, 0) is 4.79 Å². The monoisotopic (exact) mass is 316 g/mol. The Kier molecular flexibility index (Phi) is 3.99. The fourth-order valence-corrected chi connectivity index (χ4v) is 3.10. The predicted octanol–water partition coefficient (Wildman–Crippen LogP) is 0.0533. The summed E-state index contributed by atoms with van der Waals surface area (Å²) in [6.07, 6.45) is 5.14. The normalized spacial score (nSPS) is 18.4. The van der Waals surface area contributed by atoms with E-state index >= 15 is 0 Å². The molecule has 0 radical (unpaired) electrons. The highest BCUT2D eigenvalue weighted by atomic mass is 16.2. The molecule has 2 aromatic rings. The first-order chi connectivity index (χ1) is 11.0. The third kappa shape index (κ3) is 2.77. The summed E-state index contributed by atoms with van der Waals surface area (Å²) in [6, 6.07) is 1.93. The van der Waals surface area contributed by atoms with E-state index in [-0.39, 0.29) is 24.4 Å². The van der Waals surface area contributed by atoms with Gasteiger partial charge in [-0.3, -0.25) is 14.5 Å². The van der Waals surface area contributed by atoms with E-state index in [0.717, 1.165) is 25.1 Å². The number of nitrogens with zero attached hydrogens (tertiary/aromatic N) is 5. The van der Waals surface area contributed by atoms with E-state index in [2.05, 4.69) is 10.1 Å². The zero-order valence-corrected chi connectivity index (χ0v) is 13.3. The van der Waals surface area contributed by atoms with E-state index in [4.69, 9.17) is 5.73 Å². The van der Waals surface area contributed by atoms with Crippen molar-refractivity contribution in [2.75, 3.05) is 27.2 Å². The van der Waals surface area contributed by atoms with E-state index < -0.39 is 0 Å². The summed E-state index contributed by atoms with van der Waals surface area (Å²) < 4.78 is 1.70. The van der Waals surface area contributed by atoms with Crippen molar-refractivity contribution in [2.45, 2.75) is 18.9 Å². The molecule has 3 heterocycles. The third-order valence-corrected chi connectivity index (χ3v) is 4.13. The standard InChI is InChI=1S/C15H20N6O2/c1-19(2)15(23)10-8-18-21-12(5-6-17-14(10)21)11-4-3-7-20(11)9-13(16)22/h5-6,8,11H,3-4,7,9H2,1-2H3,(H2,16,22). The molecular formula is C15H20N6O2. The molecule has 1 atom stereocenters. The van der Waals surface area contributed by atoms with Crippen LogP contribution in [0.2, 0.25) is 0 Å². The molecular weight excluding hydrogens is 296 g/mol. The lowest BCUT2D eigenvalue weighted by Gasteiger charge is -2.23. The Balaban J connectivity index is 2.02. The first-order valence-electron chi connectivity index (χ1n) is 7.55. The summed E-state index contributed by atoms with van der Waals surface area (Å²) in [6.45, 7) is 1.04. The van der Waals surface area contributed by atoms with Gasteiger partial charge < -0.3 is 10.6 Å². The number of likely N-dealkylation sites (tertiary alicyclic amines) is 1. The highest BCUT2D eigenvalue weighted by molar-refractivity contribution is 5.99. The number of primary amides is 1. The van der Waals surface area contributed by atoms with Crippen LogP contribution in [0.15, 0.2) is 18.5 Å². The van der Waals surface area contributed by atoms with Crippen LogP contribution in [0.1, 0.15) is 34.9 Å². The Labute approximate surface area is 133 Å². The van der Waals surface area contributed by atoms with Crippen molar-refractivity contribution in [3.63, 3.8) is 0 Å². The van der Waals surface area contributed by atoms with Crippen molar-refractivity contribution in [3.05, 3.63) is 29.7 Å². The Morgan fingerprint density at radius 1 is 1.43 bits per heavy atom. The molecule has 2 aromatic heterocycles. The van der Waals surface area contributed by atoms with Gasteiger partial charge >= 0.3 is 0 Å². The van der Waals surface area contributed by atoms with Gasteiger partial charge in [0.2, 0.25) is 5.91 Å². The summed E-state index contributed by atoms with van der Waals surface area (Å²) in [5, 5.41) is 4.34. The highest BCUT2D eigenvalue weighted by Gasteiger charge is 2.30. The molecule has 0 aliphatic carbocycles. The SMILES string of the molecule is CN(C)C(=O)c1cnn2c(C3CCCN3CC(N)=O)ccnc12. The number of fused-ring (bicyclic) bond motifs is 1. The average Bonchev–Trinajstić information content (AvgIpc) is 3.12. The predicted molar refractivity (Wildman–Crippen MR) is 83.7 cm³/mol. The van der Waals surface area contributed by atoms with Crippen molar-refractivity contribution in [3.8, 4) is 0 Å². The molecule has 23 heavy (non-hydrogen) atoms. The van der Waals surface area contributed by atoms with Crippen LogP contribution >= 0.6 is 0 Å². The highest BCUT2D eigenvalue weighted by Crippen LogP contribution is 2.31. The molecule has 8 nitrogen and oxygen atoms in total. The van der Waals surface area contributed by atoms with Crippen LogP contribution in [0.3, 0.4) is 0 Å². The molecule has 0 bridgehead atoms. The smallest absolute Gasteiger partial charge is 0.258 e. The van der Waals surface area contributed by atoms with Gasteiger partial charge in [0, 0.05) is 20.3 Å². The van der Waals surface area contributed by atoms with Gasteiger partial charge in [0.25, 0.3) is 5.91 Å². The van der Waals surface area contributed by atoms with Crippen molar-refractivity contribution in [2.24, 2.45) is 5.73 Å². The molecule has 1 unspecified atom stereocenters. The number of hydrogen-bond donors (Lipinski definition) is 1. The second-order valence-electron chi connectivity index (χ2n) is 5.96. The second-order valence-corrected chi connectivity index (χ2v) is 5.96. The number of amides is 2. The lowest BCUT2D eigenvalue weighted by molar-refractivity contribution is -0.119. The molecule has 2 N–H and O–H groups in total. The molecule has 0 aromatic carbocycles. The minimum atomic E-state index is -0.342. The molecule has 1 saturated heterocycles. The first kappa shape index (κ1) is 15.4. The van der Waals surface area contributed by atoms with Gasteiger partial charge in [0.1, 0.15) is 5.56 Å². The second kappa shape index (κ2) is 5.96. The minimum Gasteiger partial charge on any atom is -0.369 e. The van der Waals surface area contributed by atoms with E-state index in [1.165, 1.54) is 4.90 Å². The molecule has 2 amide bonds. The fraction of sp³-hybridized carbons (Fsp3) is 0.467. The van der Waals surface area contributed by atoms with E-state index in [0.29, 0.717) is 11.2 Å². The quantitative estimate of drug-likeness (QED) is 0.860. The van der Waals surface area contributed by atoms with Gasteiger partial charge in [-0.2, -0.15) is 5.10 Å². The van der Waals surface area contributed by atoms with Crippen LogP contribution in [0.25, 0.3) is 5.65 Å². The molecule has 8 heteroatoms. The number of hydrogen-bond acceptors (Lipinski definition) is 5. The number of rotatable bonds is 4. The Morgan fingerprint density at radius 3 is 2.91 bits per heavy atom. The molecule has 0 spiro atoms. The van der Waals surface area contributed by atoms with Crippen LogP contribution in [0.4, 0.5) is 0 Å². The summed E-state index contributed by atoms with van der Waals surface area (Å²) >= 11 is 0. The zero-order valence-electron chi connectivity index (χ0n) is 13.3. The number of carbonyl (C=O) groups is 2. The van der Waals surface area contributed by atoms with E-state index in [9.17, 15) is 9.59 Å². The molecule has 3 rings (SSSR count). The lowest BCUT2D eigenvalue weighted by Crippen LogP contribution is -2.34. The fourth-order valence-electron chi connectivity index (χ4n) is 3.10. The van der Waals surface area contributed by atoms with Crippen LogP contribution in [0, 0.1) is 0 Å². The molecule has 0 saturated carbocycles. The molecule has 1 aliphatic rings. The Bertz CT molecular complexity index is 754. The van der Waals surface area contributed by atoms with Gasteiger partial charge in [0.15, 0.2) is 5.65 Å². The van der Waals surface area contributed by atoms with Crippen LogP contribution in [-0.4, -0.2) is 63.4 Å². The third-order valence-electron chi connectivity index (χ3n) is 4.13. The van der Waals surface area contributed by atoms with Crippen molar-refractivity contribution in [1.82, 2.24) is 24.4 Å². The Morgan fingerprint density at radius 2 is 2.22 bits per heavy atom. The maximum Gasteiger partial charge on any atom is 0.258 e. The maximum atomic E-state index is 12.2. The number of aromatic nitrogens is 3. The first-order valence-corrected chi connectivity index (χ1v) is 7.55. The van der Waals surface area contributed by atoms with E-state index in [1.54, 1.807) is 31.0 Å². The molecule has 1 aliphatic heterocycles.